The summed E-state index contributed by atoms with van der Waals surface area (Å²) in [6, 6.07) is 4.79. The van der Waals surface area contributed by atoms with E-state index < -0.39 is 11.9 Å². The SMILES string of the molecule is CNCc1cccc(F)c1OC1CCCCNC1=O. The van der Waals surface area contributed by atoms with E-state index in [1.165, 1.54) is 6.07 Å². The molecule has 0 aromatic heterocycles. The molecule has 4 nitrogen and oxygen atoms in total. The minimum absolute atomic E-state index is 0.156. The van der Waals surface area contributed by atoms with Gasteiger partial charge in [-0.3, -0.25) is 4.79 Å². The monoisotopic (exact) mass is 266 g/mol. The summed E-state index contributed by atoms with van der Waals surface area (Å²) in [5.74, 6) is -0.403. The van der Waals surface area contributed by atoms with E-state index in [2.05, 4.69) is 10.6 Å². The van der Waals surface area contributed by atoms with Crippen molar-refractivity contribution >= 4 is 5.91 Å². The Kier molecular flexibility index (Phi) is 4.74. The van der Waals surface area contributed by atoms with Crippen LogP contribution >= 0.6 is 0 Å². The van der Waals surface area contributed by atoms with Crippen LogP contribution in [0.15, 0.2) is 18.2 Å². The van der Waals surface area contributed by atoms with Gasteiger partial charge in [-0.25, -0.2) is 4.39 Å². The van der Waals surface area contributed by atoms with Crippen LogP contribution in [0.2, 0.25) is 0 Å². The molecular weight excluding hydrogens is 247 g/mol. The number of carbonyl (C=O) groups excluding carboxylic acids is 1. The number of rotatable bonds is 4. The van der Waals surface area contributed by atoms with Crippen molar-refractivity contribution in [3.63, 3.8) is 0 Å². The minimum Gasteiger partial charge on any atom is -0.477 e. The molecular formula is C14H19FN2O2. The van der Waals surface area contributed by atoms with Crippen LogP contribution in [-0.2, 0) is 11.3 Å². The molecule has 19 heavy (non-hydrogen) atoms. The summed E-state index contributed by atoms with van der Waals surface area (Å²) in [6.45, 7) is 1.17. The zero-order chi connectivity index (χ0) is 13.7. The molecule has 1 atom stereocenters. The third-order valence-electron chi connectivity index (χ3n) is 3.16. The average molecular weight is 266 g/mol. The molecule has 1 heterocycles. The van der Waals surface area contributed by atoms with Crippen LogP contribution in [0.4, 0.5) is 4.39 Å². The fourth-order valence-electron chi connectivity index (χ4n) is 2.18. The topological polar surface area (TPSA) is 50.4 Å². The highest BCUT2D eigenvalue weighted by Gasteiger charge is 2.24. The van der Waals surface area contributed by atoms with Crippen molar-refractivity contribution < 1.29 is 13.9 Å². The summed E-state index contributed by atoms with van der Waals surface area (Å²) in [4.78, 5) is 11.8. The van der Waals surface area contributed by atoms with Crippen molar-refractivity contribution in [3.05, 3.63) is 29.6 Å². The molecule has 2 N–H and O–H groups in total. The molecule has 1 fully saturated rings. The highest BCUT2D eigenvalue weighted by molar-refractivity contribution is 5.81. The number of hydrogen-bond donors (Lipinski definition) is 2. The third-order valence-corrected chi connectivity index (χ3v) is 3.16. The molecule has 1 aliphatic heterocycles. The number of nitrogens with one attached hydrogen (secondary N) is 2. The van der Waals surface area contributed by atoms with E-state index >= 15 is 0 Å². The van der Waals surface area contributed by atoms with E-state index in [-0.39, 0.29) is 11.7 Å². The van der Waals surface area contributed by atoms with Gasteiger partial charge in [-0.1, -0.05) is 12.1 Å². The molecule has 1 aromatic carbocycles. The van der Waals surface area contributed by atoms with E-state index in [1.54, 1.807) is 19.2 Å². The maximum absolute atomic E-state index is 13.9. The molecule has 0 saturated carbocycles. The van der Waals surface area contributed by atoms with Gasteiger partial charge in [0.1, 0.15) is 0 Å². The molecule has 1 aliphatic rings. The standard InChI is InChI=1S/C14H19FN2O2/c1-16-9-10-5-4-6-11(15)13(10)19-12-7-2-3-8-17-14(12)18/h4-6,12,16H,2-3,7-9H2,1H3,(H,17,18). The Labute approximate surface area is 112 Å². The van der Waals surface area contributed by atoms with Gasteiger partial charge in [0.05, 0.1) is 0 Å². The molecule has 0 aliphatic carbocycles. The lowest BCUT2D eigenvalue weighted by Crippen LogP contribution is -2.37. The third kappa shape index (κ3) is 3.44. The molecule has 0 bridgehead atoms. The molecule has 0 radical (unpaired) electrons. The van der Waals surface area contributed by atoms with Crippen LogP contribution in [0, 0.1) is 5.82 Å². The van der Waals surface area contributed by atoms with Gasteiger partial charge in [0, 0.05) is 18.7 Å². The van der Waals surface area contributed by atoms with Crippen molar-refractivity contribution in [3.8, 4) is 5.75 Å². The predicted octanol–water partition coefficient (Wildman–Crippen LogP) is 1.59. The maximum atomic E-state index is 13.9. The van der Waals surface area contributed by atoms with Crippen molar-refractivity contribution in [1.29, 1.82) is 0 Å². The number of para-hydroxylation sites is 1. The van der Waals surface area contributed by atoms with Gasteiger partial charge in [-0.15, -0.1) is 0 Å². The van der Waals surface area contributed by atoms with E-state index in [4.69, 9.17) is 4.74 Å². The fraction of sp³-hybridized carbons (Fsp3) is 0.500. The maximum Gasteiger partial charge on any atom is 0.261 e. The molecule has 104 valence electrons. The Morgan fingerprint density at radius 3 is 3.11 bits per heavy atom. The highest BCUT2D eigenvalue weighted by Crippen LogP contribution is 2.25. The molecule has 1 unspecified atom stereocenters. The van der Waals surface area contributed by atoms with Crippen LogP contribution in [0.5, 0.6) is 5.75 Å². The minimum atomic E-state index is -0.602. The fourth-order valence-corrected chi connectivity index (χ4v) is 2.18. The van der Waals surface area contributed by atoms with Crippen molar-refractivity contribution in [2.24, 2.45) is 0 Å². The summed E-state index contributed by atoms with van der Waals surface area (Å²) in [5.41, 5.74) is 0.722. The molecule has 1 amide bonds. The van der Waals surface area contributed by atoms with Crippen LogP contribution in [0.3, 0.4) is 0 Å². The van der Waals surface area contributed by atoms with Gasteiger partial charge in [0.2, 0.25) is 0 Å². The van der Waals surface area contributed by atoms with Crippen LogP contribution in [0.25, 0.3) is 0 Å². The van der Waals surface area contributed by atoms with E-state index in [0.29, 0.717) is 19.5 Å². The Bertz CT molecular complexity index is 451. The smallest absolute Gasteiger partial charge is 0.261 e. The van der Waals surface area contributed by atoms with E-state index in [9.17, 15) is 9.18 Å². The van der Waals surface area contributed by atoms with Gasteiger partial charge in [0.15, 0.2) is 17.7 Å². The molecule has 5 heteroatoms. The van der Waals surface area contributed by atoms with Crippen molar-refractivity contribution in [2.75, 3.05) is 13.6 Å². The molecule has 2 rings (SSSR count). The number of ether oxygens (including phenoxy) is 1. The summed E-state index contributed by atoms with van der Waals surface area (Å²) in [6.07, 6.45) is 1.86. The normalized spacial score (nSPS) is 19.7. The molecule has 1 aromatic rings. The van der Waals surface area contributed by atoms with Gasteiger partial charge >= 0.3 is 0 Å². The Morgan fingerprint density at radius 2 is 2.32 bits per heavy atom. The van der Waals surface area contributed by atoms with Gasteiger partial charge in [0.25, 0.3) is 5.91 Å². The summed E-state index contributed by atoms with van der Waals surface area (Å²) in [7, 11) is 1.78. The first-order valence-electron chi connectivity index (χ1n) is 6.58. The summed E-state index contributed by atoms with van der Waals surface area (Å²) < 4.78 is 19.5. The lowest BCUT2D eigenvalue weighted by Gasteiger charge is -2.18. The summed E-state index contributed by atoms with van der Waals surface area (Å²) in [5, 5.41) is 5.75. The quantitative estimate of drug-likeness (QED) is 0.870. The highest BCUT2D eigenvalue weighted by atomic mass is 19.1. The first kappa shape index (κ1) is 13.8. The summed E-state index contributed by atoms with van der Waals surface area (Å²) >= 11 is 0. The second-order valence-corrected chi connectivity index (χ2v) is 4.65. The first-order chi connectivity index (χ1) is 9.22. The Morgan fingerprint density at radius 1 is 1.47 bits per heavy atom. The van der Waals surface area contributed by atoms with Crippen LogP contribution in [0.1, 0.15) is 24.8 Å². The van der Waals surface area contributed by atoms with Crippen molar-refractivity contribution in [1.82, 2.24) is 10.6 Å². The van der Waals surface area contributed by atoms with Crippen molar-refractivity contribution in [2.45, 2.75) is 31.9 Å². The van der Waals surface area contributed by atoms with Crippen LogP contribution < -0.4 is 15.4 Å². The van der Waals surface area contributed by atoms with Gasteiger partial charge in [-0.05, 0) is 32.4 Å². The van der Waals surface area contributed by atoms with E-state index in [0.717, 1.165) is 18.4 Å². The Balaban J connectivity index is 2.19. The number of amides is 1. The lowest BCUT2D eigenvalue weighted by atomic mass is 10.1. The zero-order valence-corrected chi connectivity index (χ0v) is 11.0. The average Bonchev–Trinajstić information content (AvgIpc) is 2.59. The van der Waals surface area contributed by atoms with Crippen LogP contribution in [-0.4, -0.2) is 25.6 Å². The second kappa shape index (κ2) is 6.52. The Hall–Kier alpha value is -1.62. The van der Waals surface area contributed by atoms with Gasteiger partial charge in [-0.2, -0.15) is 0 Å². The number of benzene rings is 1. The predicted molar refractivity (Wildman–Crippen MR) is 70.4 cm³/mol. The molecule has 0 spiro atoms. The number of hydrogen-bond acceptors (Lipinski definition) is 3. The first-order valence-corrected chi connectivity index (χ1v) is 6.58. The van der Waals surface area contributed by atoms with E-state index in [1.807, 2.05) is 0 Å². The lowest BCUT2D eigenvalue weighted by molar-refractivity contribution is -0.127. The largest absolute Gasteiger partial charge is 0.477 e. The number of carbonyl (C=O) groups is 1. The number of halogens is 1. The zero-order valence-electron chi connectivity index (χ0n) is 11.0. The van der Waals surface area contributed by atoms with Gasteiger partial charge < -0.3 is 15.4 Å². The molecule has 1 saturated heterocycles. The second-order valence-electron chi connectivity index (χ2n) is 4.65.